The molecule has 0 fully saturated rings. The molecule has 3 N–H and O–H groups in total. The Labute approximate surface area is 251 Å². The summed E-state index contributed by atoms with van der Waals surface area (Å²) in [6.07, 6.45) is 3.84. The van der Waals surface area contributed by atoms with Crippen LogP contribution in [0.4, 0.5) is 26.7 Å². The van der Waals surface area contributed by atoms with Crippen molar-refractivity contribution in [2.24, 2.45) is 0 Å². The molecule has 1 aliphatic rings. The fraction of sp³-hybridized carbons (Fsp3) is 0.375. The number of carbonyl (C=O) groups excluding carboxylic acids is 3. The van der Waals surface area contributed by atoms with Crippen LogP contribution in [0.1, 0.15) is 63.0 Å². The lowest BCUT2D eigenvalue weighted by molar-refractivity contribution is 0.0635. The van der Waals surface area contributed by atoms with Gasteiger partial charge < -0.3 is 29.7 Å². The van der Waals surface area contributed by atoms with Gasteiger partial charge in [-0.05, 0) is 63.1 Å². The lowest BCUT2D eigenvalue weighted by atomic mass is 10.2. The number of unbranched alkanes of at least 4 members (excludes halogenated alkanes) is 2. The molecule has 11 heteroatoms. The molecule has 0 spiro atoms. The molecule has 43 heavy (non-hydrogen) atoms. The first-order valence-corrected chi connectivity index (χ1v) is 14.4. The number of ether oxygens (including phenoxy) is 3. The monoisotopic (exact) mass is 589 g/mol. The molecule has 2 heterocycles. The van der Waals surface area contributed by atoms with Gasteiger partial charge in [0.1, 0.15) is 24.5 Å². The summed E-state index contributed by atoms with van der Waals surface area (Å²) in [4.78, 5) is 44.6. The Balaban J connectivity index is 1.40. The molecule has 0 unspecified atom stereocenters. The van der Waals surface area contributed by atoms with E-state index in [2.05, 4.69) is 27.9 Å². The fourth-order valence-electron chi connectivity index (χ4n) is 4.30. The number of amides is 4. The number of benzene rings is 2. The highest BCUT2D eigenvalue weighted by molar-refractivity contribution is 6.05. The summed E-state index contributed by atoms with van der Waals surface area (Å²) in [5.41, 5.74) is 1.72. The van der Waals surface area contributed by atoms with E-state index in [0.717, 1.165) is 24.8 Å². The average molecular weight is 590 g/mol. The zero-order valence-corrected chi connectivity index (χ0v) is 25.1. The first kappa shape index (κ1) is 31.1. The highest BCUT2D eigenvalue weighted by Crippen LogP contribution is 2.32. The van der Waals surface area contributed by atoms with Gasteiger partial charge in [-0.15, -0.1) is 0 Å². The Bertz CT molecular complexity index is 1420. The second kappa shape index (κ2) is 14.4. The number of urea groups is 1. The van der Waals surface area contributed by atoms with Gasteiger partial charge in [-0.25, -0.2) is 9.59 Å². The Morgan fingerprint density at radius 3 is 2.30 bits per heavy atom. The van der Waals surface area contributed by atoms with Crippen molar-refractivity contribution in [3.8, 4) is 11.5 Å². The van der Waals surface area contributed by atoms with Gasteiger partial charge in [-0.1, -0.05) is 38.0 Å². The van der Waals surface area contributed by atoms with Crippen LogP contribution in [0.5, 0.6) is 11.5 Å². The van der Waals surface area contributed by atoms with E-state index < -0.39 is 17.6 Å². The Morgan fingerprint density at radius 2 is 1.63 bits per heavy atom. The molecule has 0 bridgehead atoms. The van der Waals surface area contributed by atoms with E-state index in [1.807, 2.05) is 0 Å². The molecule has 0 aliphatic carbocycles. The summed E-state index contributed by atoms with van der Waals surface area (Å²) in [5, 5.41) is 8.41. The van der Waals surface area contributed by atoms with Crippen LogP contribution < -0.4 is 25.4 Å². The van der Waals surface area contributed by atoms with Crippen molar-refractivity contribution in [1.29, 1.82) is 0 Å². The first-order valence-electron chi connectivity index (χ1n) is 14.4. The molecular weight excluding hydrogens is 550 g/mol. The number of para-hydroxylation sites is 2. The van der Waals surface area contributed by atoms with E-state index in [-0.39, 0.29) is 11.7 Å². The first-order chi connectivity index (χ1) is 20.6. The Morgan fingerprint density at radius 1 is 0.907 bits per heavy atom. The minimum absolute atomic E-state index is 0.189. The molecule has 228 valence electrons. The van der Waals surface area contributed by atoms with Crippen LogP contribution in [0.15, 0.2) is 60.8 Å². The zero-order valence-electron chi connectivity index (χ0n) is 25.1. The molecule has 0 radical (unpaired) electrons. The Hall–Kier alpha value is -4.80. The largest absolute Gasteiger partial charge is 0.486 e. The van der Waals surface area contributed by atoms with Gasteiger partial charge in [0.2, 0.25) is 0 Å². The van der Waals surface area contributed by atoms with Crippen LogP contribution in [0.25, 0.3) is 0 Å². The Kier molecular flexibility index (Phi) is 10.4. The van der Waals surface area contributed by atoms with Crippen molar-refractivity contribution in [2.75, 3.05) is 35.7 Å². The number of anilines is 3. The van der Waals surface area contributed by atoms with Crippen molar-refractivity contribution in [1.82, 2.24) is 9.88 Å². The van der Waals surface area contributed by atoms with E-state index in [1.54, 1.807) is 86.5 Å². The average Bonchev–Trinajstić information content (AvgIpc) is 2.97. The summed E-state index contributed by atoms with van der Waals surface area (Å²) < 4.78 is 16.5. The minimum Gasteiger partial charge on any atom is -0.486 e. The van der Waals surface area contributed by atoms with Crippen LogP contribution in [-0.2, 0) is 11.3 Å². The van der Waals surface area contributed by atoms with Crippen LogP contribution in [0.2, 0.25) is 0 Å². The van der Waals surface area contributed by atoms with E-state index in [0.29, 0.717) is 54.9 Å². The highest BCUT2D eigenvalue weighted by Gasteiger charge is 2.20. The topological polar surface area (TPSA) is 131 Å². The third-order valence-corrected chi connectivity index (χ3v) is 6.35. The number of rotatable bonds is 10. The molecule has 3 aromatic rings. The van der Waals surface area contributed by atoms with Crippen molar-refractivity contribution in [3.05, 3.63) is 72.1 Å². The third kappa shape index (κ3) is 9.35. The van der Waals surface area contributed by atoms with Gasteiger partial charge in [0.15, 0.2) is 11.5 Å². The number of nitrogens with zero attached hydrogens (tertiary/aromatic N) is 2. The summed E-state index contributed by atoms with van der Waals surface area (Å²) in [7, 11) is 0. The number of hydrogen-bond donors (Lipinski definition) is 3. The zero-order chi connectivity index (χ0) is 30.8. The molecule has 4 amide bonds. The van der Waals surface area contributed by atoms with Gasteiger partial charge in [0.05, 0.1) is 11.4 Å². The van der Waals surface area contributed by atoms with Gasteiger partial charge in [0.25, 0.3) is 5.91 Å². The lowest BCUT2D eigenvalue weighted by Crippen LogP contribution is -2.35. The standard InChI is InChI=1S/C32H39N5O6/c1-5-6-9-16-37(30(39)34-23-13-15-27-28(19-23)42-18-17-41-27)21-22-12-14-26(33-20-22)29(38)35-24-10-7-8-11-25(24)36-31(40)43-32(2,3)4/h7-8,10-15,19-20H,5-6,9,16-18,21H2,1-4H3,(H,34,39)(H,35,38)(H,36,40). The van der Waals surface area contributed by atoms with Gasteiger partial charge >= 0.3 is 12.1 Å². The quantitative estimate of drug-likeness (QED) is 0.225. The highest BCUT2D eigenvalue weighted by atomic mass is 16.6. The van der Waals surface area contributed by atoms with Gasteiger partial charge in [-0.3, -0.25) is 15.1 Å². The summed E-state index contributed by atoms with van der Waals surface area (Å²) >= 11 is 0. The summed E-state index contributed by atoms with van der Waals surface area (Å²) in [6.45, 7) is 9.26. The maximum atomic E-state index is 13.3. The van der Waals surface area contributed by atoms with Crippen molar-refractivity contribution >= 4 is 35.1 Å². The lowest BCUT2D eigenvalue weighted by Gasteiger charge is -2.24. The smallest absolute Gasteiger partial charge is 0.412 e. The van der Waals surface area contributed by atoms with Crippen LogP contribution in [-0.4, -0.2) is 53.3 Å². The number of carbonyl (C=O) groups is 3. The maximum absolute atomic E-state index is 13.3. The van der Waals surface area contributed by atoms with Crippen molar-refractivity contribution < 1.29 is 28.6 Å². The van der Waals surface area contributed by atoms with Gasteiger partial charge in [-0.2, -0.15) is 0 Å². The number of pyridine rings is 1. The summed E-state index contributed by atoms with van der Waals surface area (Å²) in [5.74, 6) is 0.811. The molecule has 4 rings (SSSR count). The fourth-order valence-corrected chi connectivity index (χ4v) is 4.30. The van der Waals surface area contributed by atoms with Crippen molar-refractivity contribution in [2.45, 2.75) is 59.1 Å². The molecular formula is C32H39N5O6. The molecule has 0 atom stereocenters. The van der Waals surface area contributed by atoms with Crippen LogP contribution >= 0.6 is 0 Å². The van der Waals surface area contributed by atoms with E-state index in [1.165, 1.54) is 0 Å². The molecule has 0 saturated heterocycles. The van der Waals surface area contributed by atoms with Crippen LogP contribution in [0, 0.1) is 0 Å². The molecule has 2 aromatic carbocycles. The molecule has 11 nitrogen and oxygen atoms in total. The van der Waals surface area contributed by atoms with Crippen LogP contribution in [0.3, 0.4) is 0 Å². The van der Waals surface area contributed by atoms with Gasteiger partial charge in [0, 0.05) is 31.0 Å². The number of aromatic nitrogens is 1. The minimum atomic E-state index is -0.661. The third-order valence-electron chi connectivity index (χ3n) is 6.35. The maximum Gasteiger partial charge on any atom is 0.412 e. The predicted octanol–water partition coefficient (Wildman–Crippen LogP) is 6.68. The molecule has 0 saturated carbocycles. The van der Waals surface area contributed by atoms with E-state index >= 15 is 0 Å². The predicted molar refractivity (Wildman–Crippen MR) is 165 cm³/mol. The number of fused-ring (bicyclic) bond motifs is 1. The molecule has 1 aliphatic heterocycles. The summed E-state index contributed by atoms with van der Waals surface area (Å²) in [6, 6.07) is 15.3. The second-order valence-electron chi connectivity index (χ2n) is 11.1. The number of hydrogen-bond acceptors (Lipinski definition) is 7. The van der Waals surface area contributed by atoms with E-state index in [4.69, 9.17) is 14.2 Å². The van der Waals surface area contributed by atoms with E-state index in [9.17, 15) is 14.4 Å². The SMILES string of the molecule is CCCCCN(Cc1ccc(C(=O)Nc2ccccc2NC(=O)OC(C)(C)C)nc1)C(=O)Nc1ccc2c(c1)OCCO2. The van der Waals surface area contributed by atoms with Crippen molar-refractivity contribution in [3.63, 3.8) is 0 Å². The normalized spacial score (nSPS) is 12.2. The molecule has 1 aromatic heterocycles. The number of nitrogens with one attached hydrogen (secondary N) is 3. The second-order valence-corrected chi connectivity index (χ2v) is 11.1.